The molecule has 2 aromatic rings. The summed E-state index contributed by atoms with van der Waals surface area (Å²) < 4.78 is 18.3. The van der Waals surface area contributed by atoms with Gasteiger partial charge in [0.1, 0.15) is 11.5 Å². The third kappa shape index (κ3) is 2.13. The Bertz CT molecular complexity index is 484. The average molecular weight is 246 g/mol. The lowest BCUT2D eigenvalue weighted by atomic mass is 10.1. The smallest absolute Gasteiger partial charge is 0.152 e. The highest BCUT2D eigenvalue weighted by Gasteiger charge is 2.10. The Labute approximate surface area is 95.6 Å². The number of rotatable bonds is 2. The lowest BCUT2D eigenvalue weighted by molar-refractivity contribution is 0.396. The molecule has 0 saturated heterocycles. The minimum Gasteiger partial charge on any atom is -0.359 e. The molecule has 0 fully saturated rings. The van der Waals surface area contributed by atoms with Gasteiger partial charge in [-0.1, -0.05) is 16.8 Å². The molecule has 0 radical (unpaired) electrons. The van der Waals surface area contributed by atoms with E-state index in [0.29, 0.717) is 22.0 Å². The van der Waals surface area contributed by atoms with Crippen LogP contribution in [0.1, 0.15) is 5.76 Å². The summed E-state index contributed by atoms with van der Waals surface area (Å²) >= 11 is 11.3. The summed E-state index contributed by atoms with van der Waals surface area (Å²) in [5.74, 6) is 0.301. The molecule has 0 amide bonds. The molecule has 1 heterocycles. The third-order valence-electron chi connectivity index (χ3n) is 1.90. The van der Waals surface area contributed by atoms with Gasteiger partial charge in [0.05, 0.1) is 5.88 Å². The summed E-state index contributed by atoms with van der Waals surface area (Å²) in [7, 11) is 0. The van der Waals surface area contributed by atoms with Crippen molar-refractivity contribution in [3.8, 4) is 11.3 Å². The van der Waals surface area contributed by atoms with Gasteiger partial charge < -0.3 is 4.52 Å². The third-order valence-corrected chi connectivity index (χ3v) is 2.39. The zero-order valence-electron chi connectivity index (χ0n) is 7.51. The molecule has 0 aliphatic heterocycles. The number of alkyl halides is 1. The maximum atomic E-state index is 13.4. The minimum absolute atomic E-state index is 0.204. The second-order valence-corrected chi connectivity index (χ2v) is 3.64. The highest BCUT2D eigenvalue weighted by atomic mass is 35.5. The molecule has 0 aliphatic rings. The molecule has 0 saturated carbocycles. The standard InChI is InChI=1S/C10H6Cl2FNO/c11-5-7-4-10(14-15-7)8-3-6(12)1-2-9(8)13/h1-4H,5H2. The van der Waals surface area contributed by atoms with Gasteiger partial charge in [-0.15, -0.1) is 11.6 Å². The monoisotopic (exact) mass is 245 g/mol. The van der Waals surface area contributed by atoms with Gasteiger partial charge in [-0.3, -0.25) is 0 Å². The molecule has 0 N–H and O–H groups in total. The van der Waals surface area contributed by atoms with Gasteiger partial charge in [0, 0.05) is 16.7 Å². The van der Waals surface area contributed by atoms with E-state index >= 15 is 0 Å². The fourth-order valence-corrected chi connectivity index (χ4v) is 1.49. The zero-order valence-corrected chi connectivity index (χ0v) is 9.02. The Hall–Kier alpha value is -1.06. The van der Waals surface area contributed by atoms with E-state index in [1.54, 1.807) is 6.07 Å². The van der Waals surface area contributed by atoms with E-state index in [9.17, 15) is 4.39 Å². The molecule has 0 aliphatic carbocycles. The number of hydrogen-bond acceptors (Lipinski definition) is 2. The van der Waals surface area contributed by atoms with E-state index in [-0.39, 0.29) is 5.88 Å². The molecule has 2 nitrogen and oxygen atoms in total. The highest BCUT2D eigenvalue weighted by molar-refractivity contribution is 6.30. The van der Waals surface area contributed by atoms with Crippen LogP contribution in [0.4, 0.5) is 4.39 Å². The van der Waals surface area contributed by atoms with Crippen molar-refractivity contribution >= 4 is 23.2 Å². The Kier molecular flexibility index (Phi) is 2.93. The second-order valence-electron chi connectivity index (χ2n) is 2.94. The summed E-state index contributed by atoms with van der Waals surface area (Å²) in [5, 5.41) is 4.15. The summed E-state index contributed by atoms with van der Waals surface area (Å²) in [6.45, 7) is 0. The van der Waals surface area contributed by atoms with E-state index in [1.165, 1.54) is 18.2 Å². The Morgan fingerprint density at radius 3 is 2.80 bits per heavy atom. The lowest BCUT2D eigenvalue weighted by Crippen LogP contribution is -1.83. The fourth-order valence-electron chi connectivity index (χ4n) is 1.20. The predicted molar refractivity (Wildman–Crippen MR) is 56.5 cm³/mol. The largest absolute Gasteiger partial charge is 0.359 e. The molecule has 1 aromatic carbocycles. The molecular formula is C10H6Cl2FNO. The number of benzene rings is 1. The van der Waals surface area contributed by atoms with Crippen LogP contribution in [0, 0.1) is 5.82 Å². The van der Waals surface area contributed by atoms with Crippen LogP contribution in [0.3, 0.4) is 0 Å². The van der Waals surface area contributed by atoms with Gasteiger partial charge in [0.25, 0.3) is 0 Å². The van der Waals surface area contributed by atoms with Crippen molar-refractivity contribution in [1.29, 1.82) is 0 Å². The van der Waals surface area contributed by atoms with Gasteiger partial charge in [0.2, 0.25) is 0 Å². The van der Waals surface area contributed by atoms with Gasteiger partial charge >= 0.3 is 0 Å². The summed E-state index contributed by atoms with van der Waals surface area (Å²) in [6, 6.07) is 5.84. The van der Waals surface area contributed by atoms with E-state index in [1.807, 2.05) is 0 Å². The first-order chi connectivity index (χ1) is 7.20. The fraction of sp³-hybridized carbons (Fsp3) is 0.100. The van der Waals surface area contributed by atoms with Crippen LogP contribution >= 0.6 is 23.2 Å². The average Bonchev–Trinajstić information content (AvgIpc) is 2.70. The number of nitrogens with zero attached hydrogens (tertiary/aromatic N) is 1. The zero-order chi connectivity index (χ0) is 10.8. The van der Waals surface area contributed by atoms with Gasteiger partial charge in [-0.2, -0.15) is 0 Å². The van der Waals surface area contributed by atoms with E-state index < -0.39 is 5.82 Å². The molecule has 1 aromatic heterocycles. The van der Waals surface area contributed by atoms with Crippen molar-refractivity contribution in [2.45, 2.75) is 5.88 Å². The van der Waals surface area contributed by atoms with E-state index in [0.717, 1.165) is 0 Å². The Morgan fingerprint density at radius 2 is 2.13 bits per heavy atom. The Balaban J connectivity index is 2.48. The normalized spacial score (nSPS) is 10.6. The molecule has 0 bridgehead atoms. The molecule has 78 valence electrons. The number of halogens is 3. The lowest BCUT2D eigenvalue weighted by Gasteiger charge is -1.98. The molecular weight excluding hydrogens is 240 g/mol. The first kappa shape index (κ1) is 10.5. The number of hydrogen-bond donors (Lipinski definition) is 0. The Morgan fingerprint density at radius 1 is 1.33 bits per heavy atom. The van der Waals surface area contributed by atoms with Crippen molar-refractivity contribution in [1.82, 2.24) is 5.16 Å². The maximum absolute atomic E-state index is 13.4. The second kappa shape index (κ2) is 4.21. The van der Waals surface area contributed by atoms with Gasteiger partial charge in [-0.25, -0.2) is 4.39 Å². The van der Waals surface area contributed by atoms with Crippen LogP contribution < -0.4 is 0 Å². The van der Waals surface area contributed by atoms with Crippen molar-refractivity contribution in [2.75, 3.05) is 0 Å². The van der Waals surface area contributed by atoms with Crippen molar-refractivity contribution < 1.29 is 8.91 Å². The molecule has 2 rings (SSSR count). The summed E-state index contributed by atoms with van der Waals surface area (Å²) in [6.07, 6.45) is 0. The molecule has 0 unspecified atom stereocenters. The summed E-state index contributed by atoms with van der Waals surface area (Å²) in [5.41, 5.74) is 0.702. The first-order valence-electron chi connectivity index (χ1n) is 4.17. The van der Waals surface area contributed by atoms with Crippen LogP contribution in [0.15, 0.2) is 28.8 Å². The molecule has 0 spiro atoms. The topological polar surface area (TPSA) is 26.0 Å². The SMILES string of the molecule is Fc1ccc(Cl)cc1-c1cc(CCl)on1. The maximum Gasteiger partial charge on any atom is 0.152 e. The molecule has 15 heavy (non-hydrogen) atoms. The van der Waals surface area contributed by atoms with Crippen LogP contribution in [-0.4, -0.2) is 5.16 Å². The van der Waals surface area contributed by atoms with E-state index in [4.69, 9.17) is 27.7 Å². The minimum atomic E-state index is -0.395. The first-order valence-corrected chi connectivity index (χ1v) is 5.09. The van der Waals surface area contributed by atoms with Crippen molar-refractivity contribution in [3.05, 3.63) is 40.9 Å². The summed E-state index contributed by atoms with van der Waals surface area (Å²) in [4.78, 5) is 0. The molecule has 0 atom stereocenters. The quantitative estimate of drug-likeness (QED) is 0.751. The van der Waals surface area contributed by atoms with Gasteiger partial charge in [-0.05, 0) is 18.2 Å². The highest BCUT2D eigenvalue weighted by Crippen LogP contribution is 2.25. The van der Waals surface area contributed by atoms with Crippen LogP contribution in [0.2, 0.25) is 5.02 Å². The predicted octanol–water partition coefficient (Wildman–Crippen LogP) is 3.87. The number of aromatic nitrogens is 1. The van der Waals surface area contributed by atoms with E-state index in [2.05, 4.69) is 5.16 Å². The van der Waals surface area contributed by atoms with Crippen LogP contribution in [0.5, 0.6) is 0 Å². The van der Waals surface area contributed by atoms with Crippen LogP contribution in [0.25, 0.3) is 11.3 Å². The molecule has 5 heteroatoms. The van der Waals surface area contributed by atoms with Gasteiger partial charge in [0.15, 0.2) is 5.76 Å². The van der Waals surface area contributed by atoms with Crippen LogP contribution in [-0.2, 0) is 5.88 Å². The van der Waals surface area contributed by atoms with Crippen molar-refractivity contribution in [3.63, 3.8) is 0 Å². The van der Waals surface area contributed by atoms with Crippen molar-refractivity contribution in [2.24, 2.45) is 0 Å².